The normalized spacial score (nSPS) is 16.2. The number of nitrogens with zero attached hydrogens (tertiary/aromatic N) is 4. The molecule has 1 N–H and O–H groups in total. The van der Waals surface area contributed by atoms with E-state index in [1.807, 2.05) is 0 Å². The van der Waals surface area contributed by atoms with Crippen molar-refractivity contribution in [1.82, 2.24) is 19.9 Å². The van der Waals surface area contributed by atoms with Crippen LogP contribution in [0.3, 0.4) is 0 Å². The van der Waals surface area contributed by atoms with Crippen molar-refractivity contribution >= 4 is 17.0 Å². The van der Waals surface area contributed by atoms with Crippen molar-refractivity contribution in [3.63, 3.8) is 0 Å². The fraction of sp³-hybridized carbons (Fsp3) is 0.583. The maximum Gasteiger partial charge on any atom is 0.183 e. The Morgan fingerprint density at radius 3 is 3.00 bits per heavy atom. The molecule has 0 aliphatic carbocycles. The van der Waals surface area contributed by atoms with Gasteiger partial charge in [-0.3, -0.25) is 0 Å². The molecule has 1 aliphatic rings. The maximum atomic E-state index is 5.38. The standard InChI is InChI=1S/C12H17N5O2/c1-18-5-2-9-15-11-10(13-8-14-11)12(16-9)17-3-6-19-7-4-17/h8H,2-7H2,1H3,(H,13,14,15,16). The largest absolute Gasteiger partial charge is 0.384 e. The molecule has 0 bridgehead atoms. The van der Waals surface area contributed by atoms with Crippen LogP contribution in [0.2, 0.25) is 0 Å². The molecule has 0 amide bonds. The van der Waals surface area contributed by atoms with Crippen LogP contribution in [0.5, 0.6) is 0 Å². The second kappa shape index (κ2) is 5.50. The highest BCUT2D eigenvalue weighted by Crippen LogP contribution is 2.22. The third-order valence-corrected chi connectivity index (χ3v) is 3.15. The second-order valence-corrected chi connectivity index (χ2v) is 4.41. The number of fused-ring (bicyclic) bond motifs is 1. The van der Waals surface area contributed by atoms with Crippen LogP contribution in [0, 0.1) is 0 Å². The van der Waals surface area contributed by atoms with E-state index < -0.39 is 0 Å². The molecule has 1 aliphatic heterocycles. The minimum absolute atomic E-state index is 0.610. The Morgan fingerprint density at radius 2 is 2.21 bits per heavy atom. The number of nitrogens with one attached hydrogen (secondary N) is 1. The summed E-state index contributed by atoms with van der Waals surface area (Å²) >= 11 is 0. The van der Waals surface area contributed by atoms with Gasteiger partial charge in [0, 0.05) is 26.6 Å². The van der Waals surface area contributed by atoms with Crippen molar-refractivity contribution in [1.29, 1.82) is 0 Å². The lowest BCUT2D eigenvalue weighted by Crippen LogP contribution is -2.37. The van der Waals surface area contributed by atoms with E-state index in [2.05, 4.69) is 24.8 Å². The predicted molar refractivity (Wildman–Crippen MR) is 70.3 cm³/mol. The molecule has 7 heteroatoms. The van der Waals surface area contributed by atoms with E-state index >= 15 is 0 Å². The van der Waals surface area contributed by atoms with Crippen molar-refractivity contribution in [3.05, 3.63) is 12.2 Å². The molecule has 0 aromatic carbocycles. The number of anilines is 1. The molecule has 1 saturated heterocycles. The first kappa shape index (κ1) is 12.3. The topological polar surface area (TPSA) is 76.2 Å². The zero-order valence-electron chi connectivity index (χ0n) is 10.9. The van der Waals surface area contributed by atoms with Crippen molar-refractivity contribution in [2.24, 2.45) is 0 Å². The molecule has 0 atom stereocenters. The number of aromatic nitrogens is 4. The third-order valence-electron chi connectivity index (χ3n) is 3.15. The van der Waals surface area contributed by atoms with Crippen molar-refractivity contribution < 1.29 is 9.47 Å². The van der Waals surface area contributed by atoms with E-state index in [9.17, 15) is 0 Å². The molecule has 3 rings (SSSR count). The summed E-state index contributed by atoms with van der Waals surface area (Å²) in [6.07, 6.45) is 2.35. The Bertz CT molecular complexity index is 550. The molecule has 0 radical (unpaired) electrons. The first-order chi connectivity index (χ1) is 9.38. The molecule has 2 aromatic rings. The smallest absolute Gasteiger partial charge is 0.183 e. The van der Waals surface area contributed by atoms with E-state index in [1.165, 1.54) is 0 Å². The van der Waals surface area contributed by atoms with Crippen molar-refractivity contribution in [2.45, 2.75) is 6.42 Å². The van der Waals surface area contributed by atoms with Gasteiger partial charge in [-0.05, 0) is 0 Å². The first-order valence-corrected chi connectivity index (χ1v) is 6.40. The zero-order valence-corrected chi connectivity index (χ0v) is 10.9. The molecule has 19 heavy (non-hydrogen) atoms. The van der Waals surface area contributed by atoms with Crippen LogP contribution < -0.4 is 4.90 Å². The van der Waals surface area contributed by atoms with Gasteiger partial charge in [0.2, 0.25) is 0 Å². The van der Waals surface area contributed by atoms with Gasteiger partial charge in [-0.25, -0.2) is 15.0 Å². The fourth-order valence-electron chi connectivity index (χ4n) is 2.17. The van der Waals surface area contributed by atoms with Gasteiger partial charge < -0.3 is 19.4 Å². The number of morpholine rings is 1. The van der Waals surface area contributed by atoms with Crippen LogP contribution in [0.4, 0.5) is 5.82 Å². The Kier molecular flexibility index (Phi) is 3.56. The van der Waals surface area contributed by atoms with Gasteiger partial charge in [0.25, 0.3) is 0 Å². The van der Waals surface area contributed by atoms with Gasteiger partial charge in [-0.2, -0.15) is 0 Å². The van der Waals surface area contributed by atoms with Crippen LogP contribution in [-0.2, 0) is 15.9 Å². The monoisotopic (exact) mass is 263 g/mol. The SMILES string of the molecule is COCCc1nc(N2CCOCC2)c2[nH]cnc2n1. The molecule has 0 saturated carbocycles. The third kappa shape index (κ3) is 2.52. The highest BCUT2D eigenvalue weighted by molar-refractivity contribution is 5.83. The fourth-order valence-corrected chi connectivity index (χ4v) is 2.17. The average molecular weight is 263 g/mol. The number of methoxy groups -OCH3 is 1. The van der Waals surface area contributed by atoms with Crippen LogP contribution in [0.15, 0.2) is 6.33 Å². The maximum absolute atomic E-state index is 5.38. The molecule has 102 valence electrons. The Hall–Kier alpha value is -1.73. The Balaban J connectivity index is 1.97. The molecule has 0 unspecified atom stereocenters. The molecule has 2 aromatic heterocycles. The summed E-state index contributed by atoms with van der Waals surface area (Å²) in [5.74, 6) is 1.68. The summed E-state index contributed by atoms with van der Waals surface area (Å²) in [6, 6.07) is 0. The van der Waals surface area contributed by atoms with E-state index in [0.717, 1.165) is 43.5 Å². The van der Waals surface area contributed by atoms with Gasteiger partial charge in [-0.15, -0.1) is 0 Å². The minimum atomic E-state index is 0.610. The first-order valence-electron chi connectivity index (χ1n) is 6.40. The van der Waals surface area contributed by atoms with Crippen LogP contribution in [-0.4, -0.2) is 60.0 Å². The Morgan fingerprint density at radius 1 is 1.37 bits per heavy atom. The van der Waals surface area contributed by atoms with Gasteiger partial charge in [0.15, 0.2) is 11.5 Å². The molecule has 3 heterocycles. The molecular weight excluding hydrogens is 246 g/mol. The number of imidazole rings is 1. The highest BCUT2D eigenvalue weighted by atomic mass is 16.5. The number of hydrogen-bond donors (Lipinski definition) is 1. The highest BCUT2D eigenvalue weighted by Gasteiger charge is 2.18. The quantitative estimate of drug-likeness (QED) is 0.859. The van der Waals surface area contributed by atoms with Gasteiger partial charge in [0.1, 0.15) is 11.3 Å². The number of rotatable bonds is 4. The summed E-state index contributed by atoms with van der Waals surface area (Å²) in [5.41, 5.74) is 1.60. The lowest BCUT2D eigenvalue weighted by atomic mass is 10.3. The van der Waals surface area contributed by atoms with Crippen LogP contribution in [0.25, 0.3) is 11.2 Å². The second-order valence-electron chi connectivity index (χ2n) is 4.41. The van der Waals surface area contributed by atoms with E-state index in [1.54, 1.807) is 13.4 Å². The summed E-state index contributed by atoms with van der Waals surface area (Å²) in [7, 11) is 1.68. The zero-order chi connectivity index (χ0) is 13.1. The van der Waals surface area contributed by atoms with Gasteiger partial charge >= 0.3 is 0 Å². The lowest BCUT2D eigenvalue weighted by Gasteiger charge is -2.28. The molecule has 0 spiro atoms. The van der Waals surface area contributed by atoms with E-state index in [-0.39, 0.29) is 0 Å². The summed E-state index contributed by atoms with van der Waals surface area (Å²) in [6.45, 7) is 3.75. The average Bonchev–Trinajstić information content (AvgIpc) is 2.93. The van der Waals surface area contributed by atoms with E-state index in [4.69, 9.17) is 9.47 Å². The minimum Gasteiger partial charge on any atom is -0.384 e. The summed E-state index contributed by atoms with van der Waals surface area (Å²) in [4.78, 5) is 18.6. The van der Waals surface area contributed by atoms with Crippen molar-refractivity contribution in [2.75, 3.05) is 44.9 Å². The Labute approximate surface area is 111 Å². The number of aromatic amines is 1. The van der Waals surface area contributed by atoms with Crippen molar-refractivity contribution in [3.8, 4) is 0 Å². The summed E-state index contributed by atoms with van der Waals surface area (Å²) in [5, 5.41) is 0. The van der Waals surface area contributed by atoms with E-state index in [0.29, 0.717) is 18.7 Å². The number of hydrogen-bond acceptors (Lipinski definition) is 6. The predicted octanol–water partition coefficient (Wildman–Crippen LogP) is 0.378. The van der Waals surface area contributed by atoms with Crippen LogP contribution >= 0.6 is 0 Å². The molecular formula is C12H17N5O2. The summed E-state index contributed by atoms with van der Waals surface area (Å²) < 4.78 is 10.5. The van der Waals surface area contributed by atoms with Gasteiger partial charge in [-0.1, -0.05) is 0 Å². The lowest BCUT2D eigenvalue weighted by molar-refractivity contribution is 0.122. The van der Waals surface area contributed by atoms with Gasteiger partial charge in [0.05, 0.1) is 26.1 Å². The number of ether oxygens (including phenoxy) is 2. The number of H-pyrrole nitrogens is 1. The molecule has 1 fully saturated rings. The molecule has 7 nitrogen and oxygen atoms in total. The van der Waals surface area contributed by atoms with Crippen LogP contribution in [0.1, 0.15) is 5.82 Å².